The zero-order chi connectivity index (χ0) is 11.8. The summed E-state index contributed by atoms with van der Waals surface area (Å²) in [6.07, 6.45) is 2.47. The summed E-state index contributed by atoms with van der Waals surface area (Å²) < 4.78 is 5.24. The third-order valence-corrected chi connectivity index (χ3v) is 3.27. The molecule has 1 aliphatic carbocycles. The average molecular weight is 232 g/mol. The summed E-state index contributed by atoms with van der Waals surface area (Å²) in [7, 11) is 1.75. The Hall–Kier alpha value is -1.75. The van der Waals surface area contributed by atoms with Crippen molar-refractivity contribution < 1.29 is 4.74 Å². The number of fused-ring (bicyclic) bond motifs is 1. The molecule has 1 aromatic heterocycles. The van der Waals surface area contributed by atoms with Gasteiger partial charge in [0.15, 0.2) is 0 Å². The molecule has 1 heterocycles. The van der Waals surface area contributed by atoms with Gasteiger partial charge < -0.3 is 20.8 Å². The third kappa shape index (κ3) is 1.93. The number of methoxy groups -OCH3 is 1. The lowest BCUT2D eigenvalue weighted by Gasteiger charge is -2.34. The maximum absolute atomic E-state index is 5.72. The Bertz CT molecular complexity index is 530. The Kier molecular flexibility index (Phi) is 2.40. The second-order valence-electron chi connectivity index (χ2n) is 4.53. The van der Waals surface area contributed by atoms with Crippen LogP contribution in [0.4, 0.5) is 11.6 Å². The first-order valence-corrected chi connectivity index (χ1v) is 5.79. The van der Waals surface area contributed by atoms with Crippen molar-refractivity contribution in [2.75, 3.05) is 18.2 Å². The fraction of sp³-hybridized carbons (Fsp3) is 0.417. The molecule has 5 nitrogen and oxygen atoms in total. The molecule has 0 saturated heterocycles. The largest absolute Gasteiger partial charge is 0.399 e. The predicted octanol–water partition coefficient (Wildman–Crippen LogP) is 1.73. The van der Waals surface area contributed by atoms with Crippen molar-refractivity contribution in [3.63, 3.8) is 0 Å². The number of hydrogen-bond donors (Lipinski definition) is 3. The minimum absolute atomic E-state index is 0.396. The lowest BCUT2D eigenvalue weighted by Crippen LogP contribution is -2.40. The SMILES string of the molecule is COC1CC(Nc2nc3ccc(N)cc3[nH]2)C1. The van der Waals surface area contributed by atoms with Crippen LogP contribution in [0.15, 0.2) is 18.2 Å². The van der Waals surface area contributed by atoms with Crippen molar-refractivity contribution >= 4 is 22.7 Å². The van der Waals surface area contributed by atoms with E-state index in [0.717, 1.165) is 35.5 Å². The number of benzene rings is 1. The lowest BCUT2D eigenvalue weighted by atomic mass is 9.89. The number of rotatable bonds is 3. The Balaban J connectivity index is 1.73. The van der Waals surface area contributed by atoms with Crippen LogP contribution in [-0.4, -0.2) is 29.2 Å². The highest BCUT2D eigenvalue weighted by Crippen LogP contribution is 2.26. The van der Waals surface area contributed by atoms with Crippen LogP contribution in [0.1, 0.15) is 12.8 Å². The Morgan fingerprint density at radius 3 is 3.06 bits per heavy atom. The van der Waals surface area contributed by atoms with Crippen molar-refractivity contribution in [2.45, 2.75) is 25.0 Å². The highest BCUT2D eigenvalue weighted by molar-refractivity contribution is 5.80. The van der Waals surface area contributed by atoms with Crippen LogP contribution in [0, 0.1) is 0 Å². The Morgan fingerprint density at radius 1 is 1.47 bits per heavy atom. The van der Waals surface area contributed by atoms with Crippen molar-refractivity contribution in [3.8, 4) is 0 Å². The normalized spacial score (nSPS) is 23.6. The molecular formula is C12H16N4O. The van der Waals surface area contributed by atoms with E-state index in [2.05, 4.69) is 15.3 Å². The van der Waals surface area contributed by atoms with Crippen LogP contribution in [0.5, 0.6) is 0 Å². The maximum Gasteiger partial charge on any atom is 0.201 e. The van der Waals surface area contributed by atoms with Crippen LogP contribution in [-0.2, 0) is 4.74 Å². The van der Waals surface area contributed by atoms with Gasteiger partial charge in [0.1, 0.15) is 0 Å². The highest BCUT2D eigenvalue weighted by atomic mass is 16.5. The standard InChI is InChI=1S/C12H16N4O/c1-17-9-5-8(6-9)14-12-15-10-3-2-7(13)4-11(10)16-12/h2-4,8-9H,5-6,13H2,1H3,(H2,14,15,16). The molecule has 0 bridgehead atoms. The molecule has 90 valence electrons. The minimum Gasteiger partial charge on any atom is -0.399 e. The summed E-state index contributed by atoms with van der Waals surface area (Å²) in [5.74, 6) is 0.810. The number of H-pyrrole nitrogens is 1. The molecule has 17 heavy (non-hydrogen) atoms. The minimum atomic E-state index is 0.396. The van der Waals surface area contributed by atoms with E-state index in [1.54, 1.807) is 7.11 Å². The Labute approximate surface area is 99.4 Å². The first-order valence-electron chi connectivity index (χ1n) is 5.79. The lowest BCUT2D eigenvalue weighted by molar-refractivity contribution is 0.0327. The number of aromatic nitrogens is 2. The number of nitrogens with two attached hydrogens (primary N) is 1. The number of ether oxygens (including phenoxy) is 1. The van der Waals surface area contributed by atoms with Gasteiger partial charge in [0, 0.05) is 18.8 Å². The average Bonchev–Trinajstić information content (AvgIpc) is 2.64. The number of nitrogens with one attached hydrogen (secondary N) is 2. The molecule has 1 aromatic carbocycles. The summed E-state index contributed by atoms with van der Waals surface area (Å²) in [6.45, 7) is 0. The van der Waals surface area contributed by atoms with E-state index in [9.17, 15) is 0 Å². The van der Waals surface area contributed by atoms with Gasteiger partial charge in [-0.3, -0.25) is 0 Å². The summed E-state index contributed by atoms with van der Waals surface area (Å²) in [6, 6.07) is 6.13. The van der Waals surface area contributed by atoms with E-state index >= 15 is 0 Å². The molecule has 0 radical (unpaired) electrons. The van der Waals surface area contributed by atoms with Gasteiger partial charge >= 0.3 is 0 Å². The topological polar surface area (TPSA) is 76.0 Å². The first kappa shape index (κ1) is 10.4. The van der Waals surface area contributed by atoms with Crippen LogP contribution in [0.2, 0.25) is 0 Å². The molecular weight excluding hydrogens is 216 g/mol. The van der Waals surface area contributed by atoms with Gasteiger partial charge in [-0.1, -0.05) is 0 Å². The smallest absolute Gasteiger partial charge is 0.201 e. The summed E-state index contributed by atoms with van der Waals surface area (Å²) >= 11 is 0. The second-order valence-corrected chi connectivity index (χ2v) is 4.53. The van der Waals surface area contributed by atoms with Gasteiger partial charge in [0.2, 0.25) is 5.95 Å². The van der Waals surface area contributed by atoms with Crippen molar-refractivity contribution in [1.82, 2.24) is 9.97 Å². The van der Waals surface area contributed by atoms with Crippen molar-refractivity contribution in [2.24, 2.45) is 0 Å². The van der Waals surface area contributed by atoms with Gasteiger partial charge in [-0.2, -0.15) is 0 Å². The molecule has 3 rings (SSSR count). The zero-order valence-corrected chi connectivity index (χ0v) is 9.73. The van der Waals surface area contributed by atoms with E-state index in [1.165, 1.54) is 0 Å². The fourth-order valence-corrected chi connectivity index (χ4v) is 2.16. The van der Waals surface area contributed by atoms with Gasteiger partial charge in [-0.15, -0.1) is 0 Å². The summed E-state index contributed by atoms with van der Waals surface area (Å²) in [5.41, 5.74) is 8.37. The van der Waals surface area contributed by atoms with Gasteiger partial charge in [0.05, 0.1) is 17.1 Å². The van der Waals surface area contributed by atoms with Crippen molar-refractivity contribution in [3.05, 3.63) is 18.2 Å². The quantitative estimate of drug-likeness (QED) is 0.704. The van der Waals surface area contributed by atoms with Crippen LogP contribution >= 0.6 is 0 Å². The molecule has 0 spiro atoms. The fourth-order valence-electron chi connectivity index (χ4n) is 2.16. The highest BCUT2D eigenvalue weighted by Gasteiger charge is 2.29. The Morgan fingerprint density at radius 2 is 2.29 bits per heavy atom. The summed E-state index contributed by atoms with van der Waals surface area (Å²) in [4.78, 5) is 7.69. The predicted molar refractivity (Wildman–Crippen MR) is 67.9 cm³/mol. The maximum atomic E-state index is 5.72. The van der Waals surface area contributed by atoms with E-state index in [0.29, 0.717) is 12.1 Å². The second kappa shape index (κ2) is 3.92. The number of hydrogen-bond acceptors (Lipinski definition) is 4. The molecule has 1 saturated carbocycles. The van der Waals surface area contributed by atoms with Gasteiger partial charge in [-0.05, 0) is 31.0 Å². The number of anilines is 2. The van der Waals surface area contributed by atoms with E-state index in [4.69, 9.17) is 10.5 Å². The van der Waals surface area contributed by atoms with Crippen LogP contribution in [0.25, 0.3) is 11.0 Å². The molecule has 2 aromatic rings. The van der Waals surface area contributed by atoms with Crippen LogP contribution < -0.4 is 11.1 Å². The van der Waals surface area contributed by atoms with Gasteiger partial charge in [0.25, 0.3) is 0 Å². The molecule has 0 unspecified atom stereocenters. The van der Waals surface area contributed by atoms with Crippen molar-refractivity contribution in [1.29, 1.82) is 0 Å². The molecule has 4 N–H and O–H groups in total. The first-order chi connectivity index (χ1) is 8.24. The zero-order valence-electron chi connectivity index (χ0n) is 9.73. The number of imidazole rings is 1. The van der Waals surface area contributed by atoms with E-state index in [-0.39, 0.29) is 0 Å². The molecule has 0 atom stereocenters. The van der Waals surface area contributed by atoms with Crippen LogP contribution in [0.3, 0.4) is 0 Å². The molecule has 5 heteroatoms. The number of aromatic amines is 1. The monoisotopic (exact) mass is 232 g/mol. The van der Waals surface area contributed by atoms with E-state index in [1.807, 2.05) is 18.2 Å². The van der Waals surface area contributed by atoms with E-state index < -0.39 is 0 Å². The molecule has 0 aliphatic heterocycles. The molecule has 0 amide bonds. The van der Waals surface area contributed by atoms with Gasteiger partial charge in [-0.25, -0.2) is 4.98 Å². The number of nitrogen functional groups attached to an aromatic ring is 1. The molecule has 1 fully saturated rings. The summed E-state index contributed by atoms with van der Waals surface area (Å²) in [5, 5.41) is 3.36. The molecule has 1 aliphatic rings. The third-order valence-electron chi connectivity index (χ3n) is 3.27. The number of nitrogens with zero attached hydrogens (tertiary/aromatic N) is 1.